The molecule has 0 aliphatic heterocycles. The summed E-state index contributed by atoms with van der Waals surface area (Å²) >= 11 is 1.71. The van der Waals surface area contributed by atoms with Crippen molar-refractivity contribution >= 4 is 21.6 Å². The Morgan fingerprint density at radius 3 is 1.06 bits per heavy atom. The predicted molar refractivity (Wildman–Crippen MR) is 202 cm³/mol. The third kappa shape index (κ3) is 6.13. The first kappa shape index (κ1) is 29.8. The first-order chi connectivity index (χ1) is 24.1. The molecule has 0 bridgehead atoms. The van der Waals surface area contributed by atoms with Gasteiger partial charge in [-0.25, -0.2) is 4.98 Å². The molecule has 0 N–H and O–H groups in total. The van der Waals surface area contributed by atoms with Crippen LogP contribution in [0, 0.1) is 22.7 Å². The minimum atomic E-state index is 0.655. The zero-order valence-corrected chi connectivity index (χ0v) is 27.2. The van der Waals surface area contributed by atoms with Crippen LogP contribution in [0.2, 0.25) is 0 Å². The third-order valence-corrected chi connectivity index (χ3v) is 9.91. The normalized spacial score (nSPS) is 10.8. The number of thiazole rings is 1. The first-order valence-electron chi connectivity index (χ1n) is 16.0. The van der Waals surface area contributed by atoms with E-state index in [1.807, 2.05) is 54.6 Å². The van der Waals surface area contributed by atoms with Crippen LogP contribution in [0.15, 0.2) is 164 Å². The highest BCUT2D eigenvalue weighted by Crippen LogP contribution is 2.36. The number of nitrogens with zero attached hydrogens (tertiary/aromatic N) is 3. The van der Waals surface area contributed by atoms with Gasteiger partial charge in [0, 0.05) is 5.56 Å². The lowest BCUT2D eigenvalue weighted by Gasteiger charge is -2.13. The Hall–Kier alpha value is -6.59. The van der Waals surface area contributed by atoms with Crippen LogP contribution in [0.1, 0.15) is 11.1 Å². The van der Waals surface area contributed by atoms with Crippen molar-refractivity contribution in [3.63, 3.8) is 0 Å². The maximum absolute atomic E-state index is 9.19. The van der Waals surface area contributed by atoms with Crippen molar-refractivity contribution in [1.82, 2.24) is 4.98 Å². The lowest BCUT2D eigenvalue weighted by Crippen LogP contribution is -1.88. The maximum atomic E-state index is 9.19. The van der Waals surface area contributed by atoms with E-state index >= 15 is 0 Å². The highest BCUT2D eigenvalue weighted by molar-refractivity contribution is 7.21. The number of hydrogen-bond donors (Lipinski definition) is 0. The number of fused-ring (bicyclic) bond motifs is 1. The quantitative estimate of drug-likeness (QED) is 0.181. The Balaban J connectivity index is 1.16. The summed E-state index contributed by atoms with van der Waals surface area (Å²) in [4.78, 5) is 4.86. The van der Waals surface area contributed by atoms with Crippen molar-refractivity contribution in [3.8, 4) is 78.3 Å². The molecule has 4 heteroatoms. The highest BCUT2D eigenvalue weighted by atomic mass is 32.1. The molecule has 0 saturated heterocycles. The molecule has 8 rings (SSSR count). The minimum Gasteiger partial charge on any atom is -0.236 e. The van der Waals surface area contributed by atoms with Crippen LogP contribution in [0.4, 0.5) is 0 Å². The second-order valence-electron chi connectivity index (χ2n) is 11.9. The van der Waals surface area contributed by atoms with E-state index in [1.165, 1.54) is 4.70 Å². The Labute approximate surface area is 289 Å². The molecular formula is C45H27N3S. The van der Waals surface area contributed by atoms with Crippen LogP contribution in [0.5, 0.6) is 0 Å². The standard InChI is InChI=1S/C45H27N3S/c46-28-30-5-9-32(10-6-30)34-13-17-36(18-14-34)40-25-41(37-19-15-35(16-20-37)33-11-7-31(29-47)8-12-33)27-42(26-40)38-21-23-39(24-22-38)45-48-43-3-1-2-4-44(43)49-45/h1-27H. The molecule has 8 aromatic rings. The zero-order chi connectivity index (χ0) is 33.2. The monoisotopic (exact) mass is 641 g/mol. The summed E-state index contributed by atoms with van der Waals surface area (Å²) < 4.78 is 1.19. The average Bonchev–Trinajstić information content (AvgIpc) is 3.63. The van der Waals surface area contributed by atoms with Gasteiger partial charge in [-0.1, -0.05) is 109 Å². The van der Waals surface area contributed by atoms with E-state index in [0.29, 0.717) is 11.1 Å². The number of para-hydroxylation sites is 1. The van der Waals surface area contributed by atoms with Crippen molar-refractivity contribution in [2.24, 2.45) is 0 Å². The molecular weight excluding hydrogens is 615 g/mol. The zero-order valence-electron chi connectivity index (χ0n) is 26.3. The fourth-order valence-electron chi connectivity index (χ4n) is 6.11. The van der Waals surface area contributed by atoms with Crippen LogP contribution in [-0.4, -0.2) is 4.98 Å². The summed E-state index contributed by atoms with van der Waals surface area (Å²) in [7, 11) is 0. The Morgan fingerprint density at radius 1 is 0.367 bits per heavy atom. The van der Waals surface area contributed by atoms with Gasteiger partial charge in [-0.2, -0.15) is 10.5 Å². The van der Waals surface area contributed by atoms with Gasteiger partial charge in [0.15, 0.2) is 0 Å². The molecule has 0 atom stereocenters. The molecule has 228 valence electrons. The van der Waals surface area contributed by atoms with E-state index in [4.69, 9.17) is 4.98 Å². The fourth-order valence-corrected chi connectivity index (χ4v) is 7.08. The number of nitriles is 2. The third-order valence-electron chi connectivity index (χ3n) is 8.82. The average molecular weight is 642 g/mol. The summed E-state index contributed by atoms with van der Waals surface area (Å²) in [5.41, 5.74) is 14.6. The van der Waals surface area contributed by atoms with E-state index in [0.717, 1.165) is 71.7 Å². The Kier molecular flexibility index (Phi) is 7.84. The molecule has 1 heterocycles. The van der Waals surface area contributed by atoms with Crippen molar-refractivity contribution in [2.45, 2.75) is 0 Å². The second kappa shape index (κ2) is 12.9. The predicted octanol–water partition coefficient (Wildman–Crippen LogP) is 12.0. The van der Waals surface area contributed by atoms with E-state index in [9.17, 15) is 10.5 Å². The van der Waals surface area contributed by atoms with Crippen molar-refractivity contribution in [1.29, 1.82) is 10.5 Å². The molecule has 0 unspecified atom stereocenters. The molecule has 1 aromatic heterocycles. The first-order valence-corrected chi connectivity index (χ1v) is 16.8. The summed E-state index contributed by atoms with van der Waals surface area (Å²) in [6, 6.07) is 60.7. The molecule has 7 aromatic carbocycles. The SMILES string of the molecule is N#Cc1ccc(-c2ccc(-c3cc(-c4ccc(-c5ccc(C#N)cc5)cc4)cc(-c4ccc(-c5nc6ccccc6s5)cc4)c3)cc2)cc1. The minimum absolute atomic E-state index is 0.655. The fraction of sp³-hybridized carbons (Fsp3) is 0. The van der Waals surface area contributed by atoms with Crippen LogP contribution in [-0.2, 0) is 0 Å². The summed E-state index contributed by atoms with van der Waals surface area (Å²) in [6.45, 7) is 0. The smallest absolute Gasteiger partial charge is 0.124 e. The van der Waals surface area contributed by atoms with Gasteiger partial charge in [0.05, 0.1) is 33.5 Å². The van der Waals surface area contributed by atoms with Crippen molar-refractivity contribution in [2.75, 3.05) is 0 Å². The molecule has 0 aliphatic rings. The van der Waals surface area contributed by atoms with Gasteiger partial charge in [0.1, 0.15) is 5.01 Å². The van der Waals surface area contributed by atoms with Gasteiger partial charge in [-0.15, -0.1) is 11.3 Å². The summed E-state index contributed by atoms with van der Waals surface area (Å²) in [6.07, 6.45) is 0. The lowest BCUT2D eigenvalue weighted by atomic mass is 9.91. The summed E-state index contributed by atoms with van der Waals surface area (Å²) in [5, 5.41) is 19.4. The number of aromatic nitrogens is 1. The molecule has 0 aliphatic carbocycles. The van der Waals surface area contributed by atoms with E-state index in [1.54, 1.807) is 11.3 Å². The molecule has 3 nitrogen and oxygen atoms in total. The van der Waals surface area contributed by atoms with Crippen molar-refractivity contribution < 1.29 is 0 Å². The van der Waals surface area contributed by atoms with Gasteiger partial charge < -0.3 is 0 Å². The van der Waals surface area contributed by atoms with Crippen LogP contribution in [0.3, 0.4) is 0 Å². The number of hydrogen-bond acceptors (Lipinski definition) is 4. The maximum Gasteiger partial charge on any atom is 0.124 e. The molecule has 49 heavy (non-hydrogen) atoms. The Bertz CT molecular complexity index is 2360. The molecule has 0 spiro atoms. The summed E-state index contributed by atoms with van der Waals surface area (Å²) in [5.74, 6) is 0. The Morgan fingerprint density at radius 2 is 0.694 bits per heavy atom. The van der Waals surface area contributed by atoms with Gasteiger partial charge in [0.2, 0.25) is 0 Å². The topological polar surface area (TPSA) is 60.5 Å². The van der Waals surface area contributed by atoms with Crippen molar-refractivity contribution in [3.05, 3.63) is 175 Å². The van der Waals surface area contributed by atoms with Gasteiger partial charge >= 0.3 is 0 Å². The van der Waals surface area contributed by atoms with E-state index in [2.05, 4.69) is 121 Å². The van der Waals surface area contributed by atoms with E-state index < -0.39 is 0 Å². The number of rotatable bonds is 6. The molecule has 0 saturated carbocycles. The van der Waals surface area contributed by atoms with Gasteiger partial charge in [-0.05, 0) is 110 Å². The highest BCUT2D eigenvalue weighted by Gasteiger charge is 2.11. The van der Waals surface area contributed by atoms with Gasteiger partial charge in [0.25, 0.3) is 0 Å². The largest absolute Gasteiger partial charge is 0.236 e. The van der Waals surface area contributed by atoms with Crippen LogP contribution < -0.4 is 0 Å². The number of benzene rings is 7. The van der Waals surface area contributed by atoms with Crippen LogP contribution >= 0.6 is 11.3 Å². The molecule has 0 radical (unpaired) electrons. The lowest BCUT2D eigenvalue weighted by molar-refractivity contribution is 1.47. The molecule has 0 fully saturated rings. The van der Waals surface area contributed by atoms with Gasteiger partial charge in [-0.3, -0.25) is 0 Å². The second-order valence-corrected chi connectivity index (χ2v) is 12.9. The molecule has 0 amide bonds. The van der Waals surface area contributed by atoms with Crippen LogP contribution in [0.25, 0.3) is 76.4 Å². The van der Waals surface area contributed by atoms with E-state index in [-0.39, 0.29) is 0 Å².